The molecule has 0 aliphatic rings. The van der Waals surface area contributed by atoms with Gasteiger partial charge in [-0.1, -0.05) is 80.4 Å². The van der Waals surface area contributed by atoms with Crippen LogP contribution in [0.3, 0.4) is 0 Å². The first-order chi connectivity index (χ1) is 17.1. The van der Waals surface area contributed by atoms with E-state index in [1.807, 2.05) is 96.8 Å². The van der Waals surface area contributed by atoms with Crippen LogP contribution in [0.25, 0.3) is 22.7 Å². The lowest BCUT2D eigenvalue weighted by molar-refractivity contribution is -0.128. The van der Waals surface area contributed by atoms with Crippen LogP contribution in [0.5, 0.6) is 0 Å². The Labute approximate surface area is 206 Å². The molecule has 4 rings (SSSR count). The summed E-state index contributed by atoms with van der Waals surface area (Å²) in [5, 5.41) is 0.556. The fourth-order valence-electron chi connectivity index (χ4n) is 4.25. The number of rotatable bonds is 9. The summed E-state index contributed by atoms with van der Waals surface area (Å²) < 4.78 is 1.65. The van der Waals surface area contributed by atoms with E-state index < -0.39 is 6.04 Å². The van der Waals surface area contributed by atoms with E-state index in [0.717, 1.165) is 30.5 Å². The third-order valence-electron chi connectivity index (χ3n) is 6.16. The lowest BCUT2D eigenvalue weighted by Crippen LogP contribution is -2.37. The first kappa shape index (κ1) is 24.1. The maximum Gasteiger partial charge on any atom is 0.266 e. The highest BCUT2D eigenvalue weighted by molar-refractivity contribution is 5.92. The Balaban J connectivity index is 1.79. The average molecular weight is 466 g/mol. The molecule has 3 aromatic carbocycles. The lowest BCUT2D eigenvalue weighted by atomic mass is 10.1. The zero-order chi connectivity index (χ0) is 24.6. The summed E-state index contributed by atoms with van der Waals surface area (Å²) in [7, 11) is 0. The van der Waals surface area contributed by atoms with E-state index in [-0.39, 0.29) is 11.5 Å². The Morgan fingerprint density at radius 3 is 2.31 bits per heavy atom. The summed E-state index contributed by atoms with van der Waals surface area (Å²) in [4.78, 5) is 33.8. The van der Waals surface area contributed by atoms with Gasteiger partial charge in [0, 0.05) is 12.6 Å². The first-order valence-corrected chi connectivity index (χ1v) is 12.2. The van der Waals surface area contributed by atoms with Crippen LogP contribution < -0.4 is 5.56 Å². The molecule has 1 atom stereocenters. The van der Waals surface area contributed by atoms with E-state index in [0.29, 0.717) is 23.3 Å². The molecular formula is C30H31N3O2. The van der Waals surface area contributed by atoms with Gasteiger partial charge in [0.15, 0.2) is 0 Å². The molecule has 1 heterocycles. The second-order valence-corrected chi connectivity index (χ2v) is 8.62. The highest BCUT2D eigenvalue weighted by atomic mass is 16.2. The summed E-state index contributed by atoms with van der Waals surface area (Å²) in [6, 6.07) is 26.3. The summed E-state index contributed by atoms with van der Waals surface area (Å²) >= 11 is 0. The van der Waals surface area contributed by atoms with Crippen LogP contribution in [0.15, 0.2) is 95.8 Å². The van der Waals surface area contributed by atoms with Gasteiger partial charge in [-0.25, -0.2) is 4.98 Å². The minimum Gasteiger partial charge on any atom is -0.329 e. The van der Waals surface area contributed by atoms with Crippen molar-refractivity contribution in [1.82, 2.24) is 14.5 Å². The molecule has 35 heavy (non-hydrogen) atoms. The largest absolute Gasteiger partial charge is 0.329 e. The highest BCUT2D eigenvalue weighted by Crippen LogP contribution is 2.24. The molecular weight excluding hydrogens is 434 g/mol. The standard InChI is InChI=1S/C30H31N3O2/c1-3-4-13-22-32(28(34)21-20-24-14-7-5-8-15-24)23(2)29-31-27-19-12-11-18-26(27)30(35)33(29)25-16-9-6-10-17-25/h5-12,14-21,23H,3-4,13,22H2,1-2H3/b21-20+. The number of hydrogen-bond acceptors (Lipinski definition) is 3. The third kappa shape index (κ3) is 5.57. The predicted octanol–water partition coefficient (Wildman–Crippen LogP) is 6.18. The van der Waals surface area contributed by atoms with Gasteiger partial charge in [-0.15, -0.1) is 0 Å². The molecule has 0 aliphatic carbocycles. The van der Waals surface area contributed by atoms with Gasteiger partial charge in [-0.05, 0) is 49.2 Å². The van der Waals surface area contributed by atoms with Crippen molar-refractivity contribution in [2.75, 3.05) is 6.54 Å². The number of amides is 1. The molecule has 5 heteroatoms. The Morgan fingerprint density at radius 2 is 1.60 bits per heavy atom. The molecule has 1 unspecified atom stereocenters. The normalized spacial score (nSPS) is 12.2. The van der Waals surface area contributed by atoms with Crippen molar-refractivity contribution < 1.29 is 4.79 Å². The molecule has 0 N–H and O–H groups in total. The zero-order valence-electron chi connectivity index (χ0n) is 20.3. The van der Waals surface area contributed by atoms with Crippen molar-refractivity contribution in [3.8, 4) is 5.69 Å². The van der Waals surface area contributed by atoms with E-state index in [2.05, 4.69) is 6.92 Å². The van der Waals surface area contributed by atoms with Crippen LogP contribution in [-0.2, 0) is 4.79 Å². The van der Waals surface area contributed by atoms with Crippen LogP contribution in [-0.4, -0.2) is 26.9 Å². The average Bonchev–Trinajstić information content (AvgIpc) is 2.90. The Bertz CT molecular complexity index is 1360. The smallest absolute Gasteiger partial charge is 0.266 e. The number of carbonyl (C=O) groups is 1. The quantitative estimate of drug-likeness (QED) is 0.219. The Morgan fingerprint density at radius 1 is 0.943 bits per heavy atom. The van der Waals surface area contributed by atoms with Gasteiger partial charge in [0.25, 0.3) is 5.56 Å². The molecule has 4 aromatic rings. The summed E-state index contributed by atoms with van der Waals surface area (Å²) in [5.41, 5.74) is 2.20. The van der Waals surface area contributed by atoms with E-state index in [1.54, 1.807) is 16.7 Å². The van der Waals surface area contributed by atoms with Gasteiger partial charge in [-0.3, -0.25) is 14.2 Å². The van der Waals surface area contributed by atoms with Crippen LogP contribution >= 0.6 is 0 Å². The minimum atomic E-state index is -0.405. The number of para-hydroxylation sites is 2. The van der Waals surface area contributed by atoms with E-state index in [9.17, 15) is 9.59 Å². The molecule has 178 valence electrons. The summed E-state index contributed by atoms with van der Waals surface area (Å²) in [6.45, 7) is 4.68. The van der Waals surface area contributed by atoms with Crippen LogP contribution in [0.4, 0.5) is 0 Å². The topological polar surface area (TPSA) is 55.2 Å². The number of fused-ring (bicyclic) bond motifs is 1. The Hall–Kier alpha value is -3.99. The van der Waals surface area contributed by atoms with Gasteiger partial charge >= 0.3 is 0 Å². The number of carbonyl (C=O) groups excluding carboxylic acids is 1. The van der Waals surface area contributed by atoms with Crippen LogP contribution in [0.2, 0.25) is 0 Å². The first-order valence-electron chi connectivity index (χ1n) is 12.2. The van der Waals surface area contributed by atoms with E-state index >= 15 is 0 Å². The van der Waals surface area contributed by atoms with Crippen molar-refractivity contribution in [2.24, 2.45) is 0 Å². The number of nitrogens with zero attached hydrogens (tertiary/aromatic N) is 3. The van der Waals surface area contributed by atoms with Crippen molar-refractivity contribution >= 4 is 22.9 Å². The fourth-order valence-corrected chi connectivity index (χ4v) is 4.25. The molecule has 1 aromatic heterocycles. The second kappa shape index (κ2) is 11.4. The molecule has 0 aliphatic heterocycles. The summed E-state index contributed by atoms with van der Waals surface area (Å²) in [5.74, 6) is 0.456. The molecule has 0 saturated heterocycles. The SMILES string of the molecule is CCCCCN(C(=O)/C=C/c1ccccc1)C(C)c1nc2ccccc2c(=O)n1-c1ccccc1. The molecule has 0 fully saturated rings. The number of unbranched alkanes of at least 4 members (excludes halogenated alkanes) is 2. The molecule has 0 spiro atoms. The molecule has 0 radical (unpaired) electrons. The molecule has 5 nitrogen and oxygen atoms in total. The molecule has 0 bridgehead atoms. The maximum absolute atomic E-state index is 13.6. The van der Waals surface area contributed by atoms with Crippen molar-refractivity contribution in [3.05, 3.63) is 113 Å². The minimum absolute atomic E-state index is 0.0977. The molecule has 1 amide bonds. The van der Waals surface area contributed by atoms with Gasteiger partial charge in [0.1, 0.15) is 5.82 Å². The van der Waals surface area contributed by atoms with Crippen LogP contribution in [0.1, 0.15) is 50.5 Å². The number of aromatic nitrogens is 2. The van der Waals surface area contributed by atoms with E-state index in [4.69, 9.17) is 4.98 Å². The van der Waals surface area contributed by atoms with Gasteiger partial charge in [0.2, 0.25) is 5.91 Å². The van der Waals surface area contributed by atoms with Gasteiger partial charge in [-0.2, -0.15) is 0 Å². The van der Waals surface area contributed by atoms with Crippen molar-refractivity contribution in [1.29, 1.82) is 0 Å². The number of benzene rings is 3. The van der Waals surface area contributed by atoms with Crippen molar-refractivity contribution in [3.63, 3.8) is 0 Å². The van der Waals surface area contributed by atoms with Crippen molar-refractivity contribution in [2.45, 2.75) is 39.2 Å². The summed E-state index contributed by atoms with van der Waals surface area (Å²) in [6.07, 6.45) is 6.41. The van der Waals surface area contributed by atoms with Gasteiger partial charge in [0.05, 0.1) is 22.6 Å². The highest BCUT2D eigenvalue weighted by Gasteiger charge is 2.25. The van der Waals surface area contributed by atoms with Crippen LogP contribution in [0, 0.1) is 0 Å². The lowest BCUT2D eigenvalue weighted by Gasteiger charge is -2.30. The fraction of sp³-hybridized carbons (Fsp3) is 0.233. The van der Waals surface area contributed by atoms with Gasteiger partial charge < -0.3 is 4.90 Å². The maximum atomic E-state index is 13.6. The van der Waals surface area contributed by atoms with E-state index in [1.165, 1.54) is 0 Å². The zero-order valence-corrected chi connectivity index (χ0v) is 20.3. The molecule has 0 saturated carbocycles. The monoisotopic (exact) mass is 465 g/mol. The number of hydrogen-bond donors (Lipinski definition) is 0. The second-order valence-electron chi connectivity index (χ2n) is 8.62. The third-order valence-corrected chi connectivity index (χ3v) is 6.16. The Kier molecular flexibility index (Phi) is 7.88. The predicted molar refractivity (Wildman–Crippen MR) is 142 cm³/mol.